The van der Waals surface area contributed by atoms with E-state index in [-0.39, 0.29) is 4.70 Å². The molecule has 2 nitrogen and oxygen atoms in total. The van der Waals surface area contributed by atoms with Gasteiger partial charge in [-0.3, -0.25) is 12.9 Å². The largest absolute Gasteiger partial charge is 1.00 e. The summed E-state index contributed by atoms with van der Waals surface area (Å²) in [4.78, 5) is 0. The van der Waals surface area contributed by atoms with Crippen LogP contribution in [-0.4, -0.2) is 20.6 Å². The lowest BCUT2D eigenvalue weighted by molar-refractivity contribution is -0.0000107. The molecule has 0 aliphatic carbocycles. The summed E-state index contributed by atoms with van der Waals surface area (Å²) in [5.41, 5.74) is 6.47. The lowest BCUT2D eigenvalue weighted by atomic mass is 9.95. The summed E-state index contributed by atoms with van der Waals surface area (Å²) in [6, 6.07) is 25.6. The Morgan fingerprint density at radius 3 is 1.87 bits per heavy atom. The smallest absolute Gasteiger partial charge is 0.762 e. The number of rotatable bonds is 3. The first-order valence-corrected chi connectivity index (χ1v) is 12.7. The zero-order valence-corrected chi connectivity index (χ0v) is 20.9. The highest BCUT2D eigenvalue weighted by atomic mass is 19.4. The molecule has 3 aromatic carbocycles. The Balaban J connectivity index is 0.000000630. The quantitative estimate of drug-likeness (QED) is 0.296. The Kier molecular flexibility index (Phi) is 9.00. The zero-order chi connectivity index (χ0) is 25.6. The molecule has 0 radical (unpaired) electrons. The van der Waals surface area contributed by atoms with E-state index in [9.17, 15) is 12.9 Å². The molecule has 0 spiro atoms. The summed E-state index contributed by atoms with van der Waals surface area (Å²) >= 11 is 0. The Labute approximate surface area is 220 Å². The van der Waals surface area contributed by atoms with Gasteiger partial charge < -0.3 is 9.44 Å². The first-order chi connectivity index (χ1) is 18.1. The summed E-state index contributed by atoms with van der Waals surface area (Å²) in [6.45, 7) is 2.42. The SMILES string of the molecule is C(C=c1cc2c3c(c1)CCC[N+]=3CCC2)=C1C=C(c2ccccc2)C=C(c2ccccc2)O1.FB(F)F.[F-]. The number of hydrogen-bond donors (Lipinski definition) is 0. The predicted molar refractivity (Wildman–Crippen MR) is 145 cm³/mol. The highest BCUT2D eigenvalue weighted by Crippen LogP contribution is 2.31. The van der Waals surface area contributed by atoms with Gasteiger partial charge in [0.25, 0.3) is 0 Å². The highest BCUT2D eigenvalue weighted by molar-refractivity contribution is 6.33. The van der Waals surface area contributed by atoms with E-state index < -0.39 is 7.54 Å². The van der Waals surface area contributed by atoms with Crippen molar-refractivity contribution >= 4 is 25.0 Å². The first-order valence-electron chi connectivity index (χ1n) is 12.7. The van der Waals surface area contributed by atoms with Crippen LogP contribution in [0.5, 0.6) is 0 Å². The molecule has 0 aromatic heterocycles. The van der Waals surface area contributed by atoms with E-state index in [4.69, 9.17) is 4.74 Å². The second-order valence-corrected chi connectivity index (χ2v) is 9.31. The van der Waals surface area contributed by atoms with E-state index in [1.165, 1.54) is 66.0 Å². The maximum atomic E-state index is 9.67. The van der Waals surface area contributed by atoms with Gasteiger partial charge in [-0.1, -0.05) is 66.7 Å². The molecule has 3 aliphatic heterocycles. The topological polar surface area (TPSA) is 12.2 Å². The second-order valence-electron chi connectivity index (χ2n) is 9.31. The van der Waals surface area contributed by atoms with Gasteiger partial charge in [-0.15, -0.1) is 0 Å². The average molecular weight is 517 g/mol. The van der Waals surface area contributed by atoms with Crippen molar-refractivity contribution in [1.82, 2.24) is 4.58 Å². The highest BCUT2D eigenvalue weighted by Gasteiger charge is 2.23. The molecule has 7 heteroatoms. The maximum Gasteiger partial charge on any atom is 0.762 e. The molecule has 0 amide bonds. The minimum Gasteiger partial charge on any atom is -1.00 e. The van der Waals surface area contributed by atoms with E-state index >= 15 is 0 Å². The number of benzene rings is 3. The van der Waals surface area contributed by atoms with Crippen molar-refractivity contribution in [3.63, 3.8) is 0 Å². The van der Waals surface area contributed by atoms with Crippen LogP contribution in [0.4, 0.5) is 12.9 Å². The fourth-order valence-electron chi connectivity index (χ4n) is 5.25. The van der Waals surface area contributed by atoms with Gasteiger partial charge in [0.05, 0.1) is 0 Å². The van der Waals surface area contributed by atoms with Crippen molar-refractivity contribution in [2.24, 2.45) is 0 Å². The summed E-state index contributed by atoms with van der Waals surface area (Å²) in [5.74, 6) is 1.75. The summed E-state index contributed by atoms with van der Waals surface area (Å²) in [6.07, 6.45) is 13.5. The van der Waals surface area contributed by atoms with Gasteiger partial charge in [-0.2, -0.15) is 0 Å². The number of nitrogens with zero attached hydrogens (tertiary/aromatic N) is 1. The Morgan fingerprint density at radius 2 is 1.29 bits per heavy atom. The number of hydrogen-bond acceptors (Lipinski definition) is 1. The predicted octanol–water partition coefficient (Wildman–Crippen LogP) is 2.77. The molecular formula is C31H28BF4NO. The van der Waals surface area contributed by atoms with Crippen LogP contribution in [0.15, 0.2) is 96.8 Å². The molecule has 6 rings (SSSR count). The van der Waals surface area contributed by atoms with Crippen molar-refractivity contribution in [2.45, 2.75) is 25.7 Å². The van der Waals surface area contributed by atoms with Crippen LogP contribution in [0.1, 0.15) is 35.1 Å². The van der Waals surface area contributed by atoms with E-state index in [2.05, 4.69) is 95.6 Å². The fraction of sp³-hybridized carbons (Fsp3) is 0.194. The average Bonchev–Trinajstić information content (AvgIpc) is 2.93. The van der Waals surface area contributed by atoms with Crippen LogP contribution in [0, 0.1) is 0 Å². The van der Waals surface area contributed by atoms with Crippen LogP contribution in [-0.2, 0) is 17.6 Å². The normalized spacial score (nSPS) is 16.5. The third-order valence-corrected chi connectivity index (χ3v) is 6.77. The molecule has 3 aromatic rings. The first kappa shape index (κ1) is 27.2. The Hall–Kier alpha value is -3.87. The van der Waals surface area contributed by atoms with Crippen LogP contribution in [0.3, 0.4) is 0 Å². The van der Waals surface area contributed by atoms with Crippen LogP contribution >= 0.6 is 0 Å². The molecule has 3 heterocycles. The molecule has 0 bridgehead atoms. The van der Waals surface area contributed by atoms with Gasteiger partial charge in [0.15, 0.2) is 0 Å². The Bertz CT molecular complexity index is 1440. The van der Waals surface area contributed by atoms with Crippen molar-refractivity contribution in [2.75, 3.05) is 13.1 Å². The molecule has 0 atom stereocenters. The van der Waals surface area contributed by atoms with E-state index in [1.54, 1.807) is 0 Å². The third kappa shape index (κ3) is 6.52. The van der Waals surface area contributed by atoms with Gasteiger partial charge in [0.1, 0.15) is 24.6 Å². The minimum atomic E-state index is -3.67. The number of allylic oxidation sites excluding steroid dienone is 4. The van der Waals surface area contributed by atoms with Crippen molar-refractivity contribution in [3.8, 4) is 0 Å². The lowest BCUT2D eigenvalue weighted by Crippen LogP contribution is -3.00. The molecule has 0 N–H and O–H groups in total. The molecule has 0 fully saturated rings. The van der Waals surface area contributed by atoms with Gasteiger partial charge in [-0.05, 0) is 59.6 Å². The van der Waals surface area contributed by atoms with E-state index in [1.807, 2.05) is 6.07 Å². The molecule has 194 valence electrons. The van der Waals surface area contributed by atoms with Crippen LogP contribution < -0.4 is 19.9 Å². The zero-order valence-electron chi connectivity index (χ0n) is 20.9. The molecule has 38 heavy (non-hydrogen) atoms. The summed E-state index contributed by atoms with van der Waals surface area (Å²) in [7, 11) is -3.67. The van der Waals surface area contributed by atoms with Gasteiger partial charge in [0, 0.05) is 29.5 Å². The molecular weight excluding hydrogens is 489 g/mol. The maximum absolute atomic E-state index is 9.67. The fourth-order valence-corrected chi connectivity index (χ4v) is 5.25. The third-order valence-electron chi connectivity index (χ3n) is 6.77. The molecule has 0 saturated carbocycles. The van der Waals surface area contributed by atoms with E-state index in [0.717, 1.165) is 22.7 Å². The molecule has 0 saturated heterocycles. The molecule has 3 aliphatic rings. The number of aryl methyl sites for hydroxylation is 2. The number of ether oxygens (including phenoxy) is 1. The monoisotopic (exact) mass is 517 g/mol. The van der Waals surface area contributed by atoms with Crippen molar-refractivity contribution in [3.05, 3.63) is 130 Å². The van der Waals surface area contributed by atoms with Gasteiger partial charge in [0.2, 0.25) is 5.36 Å². The van der Waals surface area contributed by atoms with E-state index in [0.29, 0.717) is 0 Å². The summed E-state index contributed by atoms with van der Waals surface area (Å²) < 4.78 is 37.9. The Morgan fingerprint density at radius 1 is 0.737 bits per heavy atom. The lowest BCUT2D eigenvalue weighted by Gasteiger charge is -2.18. The summed E-state index contributed by atoms with van der Waals surface area (Å²) in [5, 5.41) is 2.79. The van der Waals surface area contributed by atoms with Gasteiger partial charge >= 0.3 is 7.54 Å². The second kappa shape index (κ2) is 12.6. The van der Waals surface area contributed by atoms with Gasteiger partial charge in [-0.25, -0.2) is 4.58 Å². The standard InChI is InChI=1S/C31H28NO.BF3.FH/c1-3-9-24(10-4-1)28-21-29(33-30(22-28)25-11-5-2-6-12-25)16-15-23-19-26-13-7-17-32-18-8-14-27(20-23)31(26)32;2-1(3)4;/h1-6,9-12,15-16,19-22H,7-8,13-14,17-18H2;;1H/q+1;;/p-1. The number of halogens is 4. The van der Waals surface area contributed by atoms with Crippen LogP contribution in [0.25, 0.3) is 17.4 Å². The van der Waals surface area contributed by atoms with Crippen molar-refractivity contribution in [1.29, 1.82) is 0 Å². The molecule has 0 unspecified atom stereocenters. The van der Waals surface area contributed by atoms with Crippen LogP contribution in [0.2, 0.25) is 0 Å². The van der Waals surface area contributed by atoms with Crippen molar-refractivity contribution < 1.29 is 22.4 Å². The minimum absolute atomic E-state index is 0.